The van der Waals surface area contributed by atoms with Crippen molar-refractivity contribution in [1.82, 2.24) is 0 Å². The van der Waals surface area contributed by atoms with Gasteiger partial charge in [-0.1, -0.05) is 6.92 Å². The lowest BCUT2D eigenvalue weighted by molar-refractivity contribution is 0.314. The lowest BCUT2D eigenvalue weighted by Crippen LogP contribution is -1.93. The van der Waals surface area contributed by atoms with E-state index >= 15 is 0 Å². The van der Waals surface area contributed by atoms with Crippen molar-refractivity contribution in [2.24, 2.45) is 0 Å². The normalized spacial score (nSPS) is 11.5. The Morgan fingerprint density at radius 1 is 1.23 bits per heavy atom. The highest BCUT2D eigenvalue weighted by atomic mass is 16.6. The van der Waals surface area contributed by atoms with Gasteiger partial charge in [-0.3, -0.25) is 0 Å². The fourth-order valence-corrected chi connectivity index (χ4v) is 1.19. The molecule has 0 N–H and O–H groups in total. The molecule has 0 atom stereocenters. The van der Waals surface area contributed by atoms with Gasteiger partial charge in [-0.15, -0.1) is 0 Å². The monoisotopic (exact) mass is 180 g/mol. The lowest BCUT2D eigenvalue weighted by atomic mass is 10.3. The van der Waals surface area contributed by atoms with E-state index < -0.39 is 0 Å². The van der Waals surface area contributed by atoms with E-state index in [9.17, 15) is 0 Å². The summed E-state index contributed by atoms with van der Waals surface area (Å²) >= 11 is 0. The maximum atomic E-state index is 5.46. The Balaban J connectivity index is 2.14. The molecule has 70 valence electrons. The van der Waals surface area contributed by atoms with Crippen LogP contribution >= 0.6 is 0 Å². The van der Waals surface area contributed by atoms with Crippen molar-refractivity contribution in [3.05, 3.63) is 12.1 Å². The Hall–Kier alpha value is -1.38. The molecule has 0 amide bonds. The Kier molecular flexibility index (Phi) is 2.00. The molecule has 0 radical (unpaired) electrons. The molecule has 1 aromatic carbocycles. The largest absolute Gasteiger partial charge is 0.493 e. The van der Waals surface area contributed by atoms with E-state index in [1.54, 1.807) is 7.11 Å². The van der Waals surface area contributed by atoms with E-state index in [4.69, 9.17) is 14.2 Å². The van der Waals surface area contributed by atoms with Crippen LogP contribution in [0.3, 0.4) is 0 Å². The van der Waals surface area contributed by atoms with E-state index in [1.165, 1.54) is 0 Å². The first-order chi connectivity index (χ1) is 6.36. The molecule has 0 saturated heterocycles. The molecule has 1 aliphatic rings. The Morgan fingerprint density at radius 2 is 1.92 bits per heavy atom. The molecule has 1 aromatic rings. The summed E-state index contributed by atoms with van der Waals surface area (Å²) in [7, 11) is 1.63. The van der Waals surface area contributed by atoms with Crippen LogP contribution in [0.1, 0.15) is 13.3 Å². The van der Waals surface area contributed by atoms with Crippen LogP contribution in [0, 0.1) is 0 Å². The third-order valence-corrected chi connectivity index (χ3v) is 1.88. The van der Waals surface area contributed by atoms with Gasteiger partial charge in [-0.05, 0) is 18.6 Å². The summed E-state index contributed by atoms with van der Waals surface area (Å²) < 4.78 is 15.8. The van der Waals surface area contributed by atoms with Gasteiger partial charge in [0.2, 0.25) is 11.5 Å². The summed E-state index contributed by atoms with van der Waals surface area (Å²) in [4.78, 5) is 0. The summed E-state index contributed by atoms with van der Waals surface area (Å²) in [6.07, 6.45) is 1.00. The number of fused-ring (bicyclic) bond motifs is 1. The van der Waals surface area contributed by atoms with Crippen LogP contribution < -0.4 is 14.2 Å². The predicted molar refractivity (Wildman–Crippen MR) is 48.9 cm³/mol. The second-order valence-corrected chi connectivity index (χ2v) is 2.87. The molecule has 1 heterocycles. The third-order valence-electron chi connectivity index (χ3n) is 1.88. The highest BCUT2D eigenvalue weighted by Crippen LogP contribution is 2.58. The Morgan fingerprint density at radius 3 is 2.62 bits per heavy atom. The zero-order valence-electron chi connectivity index (χ0n) is 7.79. The summed E-state index contributed by atoms with van der Waals surface area (Å²) in [6.45, 7) is 2.80. The topological polar surface area (TPSA) is 31.0 Å². The number of rotatable bonds is 4. The molecule has 0 fully saturated rings. The van der Waals surface area contributed by atoms with E-state index in [0.29, 0.717) is 0 Å². The van der Waals surface area contributed by atoms with Crippen molar-refractivity contribution in [1.29, 1.82) is 0 Å². The first-order valence-electron chi connectivity index (χ1n) is 4.38. The van der Waals surface area contributed by atoms with Gasteiger partial charge in [-0.25, -0.2) is 0 Å². The minimum absolute atomic E-state index is 0.724. The van der Waals surface area contributed by atoms with Gasteiger partial charge in [0.05, 0.1) is 13.7 Å². The summed E-state index contributed by atoms with van der Waals surface area (Å²) in [6, 6.07) is 3.73. The average Bonchev–Trinajstić information content (AvgIpc) is 2.93. The van der Waals surface area contributed by atoms with Crippen molar-refractivity contribution < 1.29 is 14.2 Å². The van der Waals surface area contributed by atoms with Crippen molar-refractivity contribution in [2.75, 3.05) is 13.7 Å². The maximum absolute atomic E-state index is 5.46. The van der Waals surface area contributed by atoms with Gasteiger partial charge in [-0.2, -0.15) is 0 Å². The molecule has 13 heavy (non-hydrogen) atoms. The van der Waals surface area contributed by atoms with Crippen molar-refractivity contribution >= 4 is 0 Å². The molecule has 0 spiro atoms. The molecule has 0 aliphatic carbocycles. The second-order valence-electron chi connectivity index (χ2n) is 2.87. The van der Waals surface area contributed by atoms with Gasteiger partial charge in [0.15, 0.2) is 11.5 Å². The highest BCUT2D eigenvalue weighted by molar-refractivity contribution is 5.69. The molecule has 0 unspecified atom stereocenters. The fraction of sp³-hybridized carbons (Fsp3) is 0.400. The lowest BCUT2D eigenvalue weighted by Gasteiger charge is -2.01. The number of hydrogen-bond acceptors (Lipinski definition) is 3. The van der Waals surface area contributed by atoms with Crippen molar-refractivity contribution in [3.63, 3.8) is 0 Å². The Bertz CT molecular complexity index is 320. The molecule has 0 saturated carbocycles. The average molecular weight is 180 g/mol. The summed E-state index contributed by atoms with van der Waals surface area (Å²) in [5, 5.41) is 0. The van der Waals surface area contributed by atoms with Gasteiger partial charge < -0.3 is 14.2 Å². The minimum atomic E-state index is 0.724. The van der Waals surface area contributed by atoms with Gasteiger partial charge in [0.25, 0.3) is 0 Å². The smallest absolute Gasteiger partial charge is 0.216 e. The number of benzene rings is 1. The number of methoxy groups -OCH3 is 1. The van der Waals surface area contributed by atoms with Gasteiger partial charge in [0.1, 0.15) is 0 Å². The molecule has 2 rings (SSSR count). The van der Waals surface area contributed by atoms with Gasteiger partial charge >= 0.3 is 0 Å². The zero-order chi connectivity index (χ0) is 9.26. The number of ether oxygens (including phenoxy) is 3. The highest BCUT2D eigenvalue weighted by Gasteiger charge is 2.30. The third kappa shape index (κ3) is 1.41. The maximum Gasteiger partial charge on any atom is 0.216 e. The second kappa shape index (κ2) is 3.17. The molecule has 3 heteroatoms. The predicted octanol–water partition coefficient (Wildman–Crippen LogP) is 2.59. The first kappa shape index (κ1) is 8.23. The van der Waals surface area contributed by atoms with Crippen LogP contribution in [-0.2, 0) is 0 Å². The van der Waals surface area contributed by atoms with E-state index in [1.807, 2.05) is 12.1 Å². The summed E-state index contributed by atoms with van der Waals surface area (Å²) in [5.41, 5.74) is 0. The van der Waals surface area contributed by atoms with Crippen LogP contribution in [0.15, 0.2) is 12.1 Å². The molecule has 0 bridgehead atoms. The molecule has 1 aliphatic heterocycles. The van der Waals surface area contributed by atoms with Crippen molar-refractivity contribution in [2.45, 2.75) is 13.3 Å². The Labute approximate surface area is 77.2 Å². The fourth-order valence-electron chi connectivity index (χ4n) is 1.19. The molecule has 3 nitrogen and oxygen atoms in total. The minimum Gasteiger partial charge on any atom is -0.493 e. The van der Waals surface area contributed by atoms with E-state index in [-0.39, 0.29) is 0 Å². The van der Waals surface area contributed by atoms with Gasteiger partial charge in [0, 0.05) is 0 Å². The van der Waals surface area contributed by atoms with Crippen LogP contribution in [0.5, 0.6) is 23.0 Å². The van der Waals surface area contributed by atoms with E-state index in [0.717, 1.165) is 36.0 Å². The molecular formula is C10H12O3. The van der Waals surface area contributed by atoms with Crippen molar-refractivity contribution in [3.8, 4) is 23.0 Å². The molecular weight excluding hydrogens is 168 g/mol. The van der Waals surface area contributed by atoms with E-state index in [2.05, 4.69) is 6.92 Å². The van der Waals surface area contributed by atoms with Crippen LogP contribution in [-0.4, -0.2) is 13.7 Å². The standard InChI is InChI=1S/C10H12O3/c1-3-6-12-8-5-4-7(11-2)9-10(8)13-9/h4-5H,3,6H2,1-2H3. The summed E-state index contributed by atoms with van der Waals surface area (Å²) in [5.74, 6) is 3.24. The van der Waals surface area contributed by atoms with Crippen LogP contribution in [0.4, 0.5) is 0 Å². The zero-order valence-corrected chi connectivity index (χ0v) is 7.79. The molecule has 0 aromatic heterocycles. The quantitative estimate of drug-likeness (QED) is 0.677. The van der Waals surface area contributed by atoms with Crippen LogP contribution in [0.2, 0.25) is 0 Å². The SMILES string of the molecule is CCCOc1ccc(OC)c2c1O2. The van der Waals surface area contributed by atoms with Crippen LogP contribution in [0.25, 0.3) is 0 Å². The number of hydrogen-bond donors (Lipinski definition) is 0. The first-order valence-corrected chi connectivity index (χ1v) is 4.38.